The van der Waals surface area contributed by atoms with Crippen LogP contribution in [-0.2, 0) is 14.3 Å². The third kappa shape index (κ3) is 7.08. The Morgan fingerprint density at radius 3 is 2.44 bits per heavy atom. The fourth-order valence-electron chi connectivity index (χ4n) is 2.04. The van der Waals surface area contributed by atoms with Gasteiger partial charge in [-0.1, -0.05) is 18.2 Å². The van der Waals surface area contributed by atoms with Gasteiger partial charge < -0.3 is 19.5 Å². The lowest BCUT2D eigenvalue weighted by atomic mass is 10.2. The number of rotatable bonds is 9. The monoisotopic (exact) mass is 368 g/mol. The van der Waals surface area contributed by atoms with Crippen molar-refractivity contribution in [3.8, 4) is 17.6 Å². The van der Waals surface area contributed by atoms with Crippen LogP contribution in [0.4, 0.5) is 0 Å². The molecule has 0 fully saturated rings. The lowest BCUT2D eigenvalue weighted by molar-refractivity contribution is -0.154. The molecule has 1 amide bonds. The lowest BCUT2D eigenvalue weighted by Gasteiger charge is -2.14. The Labute approximate surface area is 157 Å². The van der Waals surface area contributed by atoms with E-state index in [2.05, 4.69) is 5.32 Å². The second-order valence-corrected chi connectivity index (χ2v) is 5.52. The van der Waals surface area contributed by atoms with Gasteiger partial charge in [-0.25, -0.2) is 4.79 Å². The number of nitrogens with zero attached hydrogens (tertiary/aromatic N) is 1. The summed E-state index contributed by atoms with van der Waals surface area (Å²) < 4.78 is 15.8. The highest BCUT2D eigenvalue weighted by Crippen LogP contribution is 2.14. The summed E-state index contributed by atoms with van der Waals surface area (Å²) in [5.74, 6) is 0.0635. The standard InChI is InChI=1S/C20H20N2O5/c1-15(27-18-9-7-16(13-21)8-10-18)20(24)26-14-19(23)22-11-12-25-17-5-3-2-4-6-17/h2-10,15H,11-12,14H2,1H3,(H,22,23)/t15-/m1/s1. The van der Waals surface area contributed by atoms with Gasteiger partial charge in [0.2, 0.25) is 0 Å². The molecular weight excluding hydrogens is 348 g/mol. The van der Waals surface area contributed by atoms with Crippen LogP contribution < -0.4 is 14.8 Å². The molecule has 0 aliphatic heterocycles. The van der Waals surface area contributed by atoms with Crippen LogP contribution in [0.2, 0.25) is 0 Å². The van der Waals surface area contributed by atoms with E-state index in [1.54, 1.807) is 24.3 Å². The molecule has 1 N–H and O–H groups in total. The van der Waals surface area contributed by atoms with Gasteiger partial charge in [0, 0.05) is 0 Å². The molecule has 0 saturated carbocycles. The third-order valence-electron chi connectivity index (χ3n) is 3.41. The predicted molar refractivity (Wildman–Crippen MR) is 97.2 cm³/mol. The maximum absolute atomic E-state index is 11.9. The molecule has 7 heteroatoms. The molecule has 0 aliphatic rings. The quantitative estimate of drug-likeness (QED) is 0.537. The molecule has 0 aromatic heterocycles. The van der Waals surface area contributed by atoms with Crippen molar-refractivity contribution in [2.75, 3.05) is 19.8 Å². The van der Waals surface area contributed by atoms with E-state index in [1.165, 1.54) is 6.92 Å². The van der Waals surface area contributed by atoms with Gasteiger partial charge in [-0.2, -0.15) is 5.26 Å². The minimum Gasteiger partial charge on any atom is -0.492 e. The minimum absolute atomic E-state index is 0.294. The SMILES string of the molecule is C[C@@H](Oc1ccc(C#N)cc1)C(=O)OCC(=O)NCCOc1ccccc1. The number of nitriles is 1. The van der Waals surface area contributed by atoms with Gasteiger partial charge in [0.15, 0.2) is 12.7 Å². The summed E-state index contributed by atoms with van der Waals surface area (Å²) in [5.41, 5.74) is 0.491. The summed E-state index contributed by atoms with van der Waals surface area (Å²) in [7, 11) is 0. The van der Waals surface area contributed by atoms with Crippen molar-refractivity contribution < 1.29 is 23.8 Å². The number of hydrogen-bond acceptors (Lipinski definition) is 6. The first kappa shape index (κ1) is 19.8. The van der Waals surface area contributed by atoms with E-state index in [1.807, 2.05) is 36.4 Å². The van der Waals surface area contributed by atoms with Crippen LogP contribution in [0.25, 0.3) is 0 Å². The smallest absolute Gasteiger partial charge is 0.347 e. The molecule has 2 aromatic rings. The van der Waals surface area contributed by atoms with Crippen molar-refractivity contribution in [2.24, 2.45) is 0 Å². The van der Waals surface area contributed by atoms with Gasteiger partial charge in [0.05, 0.1) is 18.2 Å². The topological polar surface area (TPSA) is 97.6 Å². The number of amides is 1. The zero-order chi connectivity index (χ0) is 19.5. The van der Waals surface area contributed by atoms with Crippen LogP contribution in [0, 0.1) is 11.3 Å². The highest BCUT2D eigenvalue weighted by Gasteiger charge is 2.17. The second-order valence-electron chi connectivity index (χ2n) is 5.52. The Morgan fingerprint density at radius 2 is 1.78 bits per heavy atom. The average Bonchev–Trinajstić information content (AvgIpc) is 2.70. The molecule has 140 valence electrons. The van der Waals surface area contributed by atoms with E-state index < -0.39 is 24.6 Å². The van der Waals surface area contributed by atoms with Crippen molar-refractivity contribution in [3.05, 3.63) is 60.2 Å². The van der Waals surface area contributed by atoms with E-state index in [-0.39, 0.29) is 0 Å². The zero-order valence-electron chi connectivity index (χ0n) is 14.9. The molecule has 2 aromatic carbocycles. The number of carbonyl (C=O) groups is 2. The Kier molecular flexibility index (Phi) is 7.67. The lowest BCUT2D eigenvalue weighted by Crippen LogP contribution is -2.34. The zero-order valence-corrected chi connectivity index (χ0v) is 14.9. The van der Waals surface area contributed by atoms with E-state index in [4.69, 9.17) is 19.5 Å². The van der Waals surface area contributed by atoms with Gasteiger partial charge in [-0.15, -0.1) is 0 Å². The first-order valence-corrected chi connectivity index (χ1v) is 8.36. The number of nitrogens with one attached hydrogen (secondary N) is 1. The van der Waals surface area contributed by atoms with Gasteiger partial charge >= 0.3 is 5.97 Å². The molecule has 0 saturated heterocycles. The average molecular weight is 368 g/mol. The van der Waals surface area contributed by atoms with E-state index >= 15 is 0 Å². The van der Waals surface area contributed by atoms with Crippen LogP contribution in [0.1, 0.15) is 12.5 Å². The number of hydrogen-bond donors (Lipinski definition) is 1. The van der Waals surface area contributed by atoms with Crippen LogP contribution in [0.5, 0.6) is 11.5 Å². The van der Waals surface area contributed by atoms with E-state index in [0.717, 1.165) is 0 Å². The van der Waals surface area contributed by atoms with Gasteiger partial charge in [-0.05, 0) is 43.3 Å². The minimum atomic E-state index is -0.882. The van der Waals surface area contributed by atoms with Crippen molar-refractivity contribution >= 4 is 11.9 Å². The Morgan fingerprint density at radius 1 is 1.07 bits per heavy atom. The molecule has 1 atom stereocenters. The Bertz CT molecular complexity index is 784. The number of para-hydroxylation sites is 1. The summed E-state index contributed by atoms with van der Waals surface area (Å²) in [6.07, 6.45) is -0.882. The summed E-state index contributed by atoms with van der Waals surface area (Å²) in [6, 6.07) is 17.6. The Hall–Kier alpha value is -3.53. The summed E-state index contributed by atoms with van der Waals surface area (Å²) >= 11 is 0. The molecule has 0 spiro atoms. The number of esters is 1. The van der Waals surface area contributed by atoms with Gasteiger partial charge in [0.25, 0.3) is 5.91 Å². The van der Waals surface area contributed by atoms with Crippen LogP contribution >= 0.6 is 0 Å². The fraction of sp³-hybridized carbons (Fsp3) is 0.250. The largest absolute Gasteiger partial charge is 0.492 e. The third-order valence-corrected chi connectivity index (χ3v) is 3.41. The van der Waals surface area contributed by atoms with Crippen LogP contribution in [0.15, 0.2) is 54.6 Å². The number of ether oxygens (including phenoxy) is 3. The summed E-state index contributed by atoms with van der Waals surface area (Å²) in [5, 5.41) is 11.3. The van der Waals surface area contributed by atoms with Crippen molar-refractivity contribution in [1.82, 2.24) is 5.32 Å². The first-order valence-electron chi connectivity index (χ1n) is 8.36. The highest BCUT2D eigenvalue weighted by molar-refractivity contribution is 5.81. The van der Waals surface area contributed by atoms with Gasteiger partial charge in [0.1, 0.15) is 18.1 Å². The van der Waals surface area contributed by atoms with Gasteiger partial charge in [-0.3, -0.25) is 4.79 Å². The highest BCUT2D eigenvalue weighted by atomic mass is 16.6. The maximum Gasteiger partial charge on any atom is 0.347 e. The molecule has 2 rings (SSSR count). The molecule has 0 heterocycles. The normalized spacial score (nSPS) is 11.0. The van der Waals surface area contributed by atoms with Crippen LogP contribution in [-0.4, -0.2) is 37.7 Å². The number of carbonyl (C=O) groups excluding carboxylic acids is 2. The van der Waals surface area contributed by atoms with Crippen LogP contribution in [0.3, 0.4) is 0 Å². The summed E-state index contributed by atoms with van der Waals surface area (Å²) in [4.78, 5) is 23.6. The van der Waals surface area contributed by atoms with Crippen molar-refractivity contribution in [2.45, 2.75) is 13.0 Å². The molecule has 0 unspecified atom stereocenters. The molecule has 7 nitrogen and oxygen atoms in total. The number of benzene rings is 2. The fourth-order valence-corrected chi connectivity index (χ4v) is 2.04. The molecular formula is C20H20N2O5. The van der Waals surface area contributed by atoms with E-state index in [9.17, 15) is 9.59 Å². The maximum atomic E-state index is 11.9. The molecule has 0 bridgehead atoms. The molecule has 0 aliphatic carbocycles. The van der Waals surface area contributed by atoms with Crippen molar-refractivity contribution in [1.29, 1.82) is 5.26 Å². The molecule has 27 heavy (non-hydrogen) atoms. The van der Waals surface area contributed by atoms with Crippen molar-refractivity contribution in [3.63, 3.8) is 0 Å². The predicted octanol–water partition coefficient (Wildman–Crippen LogP) is 2.06. The summed E-state index contributed by atoms with van der Waals surface area (Å²) in [6.45, 7) is 1.72. The van der Waals surface area contributed by atoms with E-state index in [0.29, 0.717) is 30.2 Å². The Balaban J connectivity index is 1.63. The second kappa shape index (κ2) is 10.5. The first-order chi connectivity index (χ1) is 13.1. The molecule has 0 radical (unpaired) electrons.